The topological polar surface area (TPSA) is 50.6 Å². The van der Waals surface area contributed by atoms with Crippen molar-refractivity contribution in [1.82, 2.24) is 9.80 Å². The summed E-state index contributed by atoms with van der Waals surface area (Å²) in [5, 5.41) is 8.98. The summed E-state index contributed by atoms with van der Waals surface area (Å²) in [4.78, 5) is 19.0. The Kier molecular flexibility index (Phi) is 5.43. The summed E-state index contributed by atoms with van der Waals surface area (Å²) >= 11 is 0. The molecule has 2 aromatic carbocycles. The van der Waals surface area contributed by atoms with Gasteiger partial charge < -0.3 is 14.7 Å². The van der Waals surface area contributed by atoms with Crippen LogP contribution in [0.5, 0.6) is 0 Å². The maximum atomic E-state index is 13.3. The smallest absolute Gasteiger partial charge is 0.366 e. The van der Waals surface area contributed by atoms with Crippen LogP contribution in [0.25, 0.3) is 0 Å². The van der Waals surface area contributed by atoms with Gasteiger partial charge in [0.05, 0.1) is 31.2 Å². The Balaban J connectivity index is 1.67. The highest BCUT2D eigenvalue weighted by Crippen LogP contribution is 2.42. The van der Waals surface area contributed by atoms with Crippen LogP contribution in [0.3, 0.4) is 0 Å². The van der Waals surface area contributed by atoms with E-state index in [0.29, 0.717) is 24.5 Å². The van der Waals surface area contributed by atoms with Gasteiger partial charge >= 0.3 is 6.18 Å². The summed E-state index contributed by atoms with van der Waals surface area (Å²) in [6.07, 6.45) is -4.41. The molecule has 2 saturated heterocycles. The summed E-state index contributed by atoms with van der Waals surface area (Å²) < 4.78 is 39.0. The van der Waals surface area contributed by atoms with Crippen molar-refractivity contribution < 1.29 is 18.0 Å². The molecule has 2 aromatic rings. The minimum atomic E-state index is -4.41. The standard InChI is InChI=1S/C24H27F3N4O/c1-16(2)30-13-21(32)31(17(3)18-9-11-19(12-10-18)24(25,26)27)23(22(30)28)14-29(15-23)20-7-5-4-6-8-20/h4-12,16-17,28H,13-15H2,1-3H3/t17-/m1/s1. The van der Waals surface area contributed by atoms with Crippen LogP contribution in [0.1, 0.15) is 37.9 Å². The third-order valence-corrected chi connectivity index (χ3v) is 6.52. The molecular weight excluding hydrogens is 417 g/mol. The van der Waals surface area contributed by atoms with Crippen molar-refractivity contribution in [2.24, 2.45) is 0 Å². The van der Waals surface area contributed by atoms with Crippen molar-refractivity contribution in [2.45, 2.75) is 44.6 Å². The molecule has 5 nitrogen and oxygen atoms in total. The lowest BCUT2D eigenvalue weighted by atomic mass is 9.80. The first kappa shape index (κ1) is 22.2. The number of nitrogens with one attached hydrogen (secondary N) is 1. The number of rotatable bonds is 4. The molecule has 0 bridgehead atoms. The Morgan fingerprint density at radius 2 is 1.56 bits per heavy atom. The zero-order valence-electron chi connectivity index (χ0n) is 18.4. The molecule has 170 valence electrons. The van der Waals surface area contributed by atoms with E-state index in [4.69, 9.17) is 5.41 Å². The van der Waals surface area contributed by atoms with Crippen molar-refractivity contribution in [2.75, 3.05) is 24.5 Å². The molecule has 0 saturated carbocycles. The number of carbonyl (C=O) groups excluding carboxylic acids is 1. The minimum absolute atomic E-state index is 0.00220. The van der Waals surface area contributed by atoms with Gasteiger partial charge in [-0.1, -0.05) is 30.3 Å². The molecule has 1 atom stereocenters. The monoisotopic (exact) mass is 444 g/mol. The van der Waals surface area contributed by atoms with Gasteiger partial charge in [-0.3, -0.25) is 10.2 Å². The molecular formula is C24H27F3N4O. The highest BCUT2D eigenvalue weighted by Gasteiger charge is 2.59. The van der Waals surface area contributed by atoms with E-state index in [1.54, 1.807) is 4.90 Å². The lowest BCUT2D eigenvalue weighted by molar-refractivity contribution is -0.144. The Morgan fingerprint density at radius 3 is 2.09 bits per heavy atom. The molecule has 1 spiro atoms. The molecule has 8 heteroatoms. The zero-order chi connectivity index (χ0) is 23.3. The van der Waals surface area contributed by atoms with Gasteiger partial charge in [0, 0.05) is 11.7 Å². The summed E-state index contributed by atoms with van der Waals surface area (Å²) in [6.45, 7) is 6.77. The van der Waals surface area contributed by atoms with Crippen LogP contribution in [0, 0.1) is 5.41 Å². The van der Waals surface area contributed by atoms with Gasteiger partial charge in [-0.2, -0.15) is 13.2 Å². The Bertz CT molecular complexity index is 998. The fraction of sp³-hybridized carbons (Fsp3) is 0.417. The van der Waals surface area contributed by atoms with Gasteiger partial charge in [-0.15, -0.1) is 0 Å². The van der Waals surface area contributed by atoms with E-state index in [2.05, 4.69) is 4.90 Å². The number of benzene rings is 2. The second-order valence-electron chi connectivity index (χ2n) is 8.85. The van der Waals surface area contributed by atoms with Crippen LogP contribution < -0.4 is 4.90 Å². The van der Waals surface area contributed by atoms with Crippen LogP contribution in [-0.2, 0) is 11.0 Å². The Morgan fingerprint density at radius 1 is 0.969 bits per heavy atom. The van der Waals surface area contributed by atoms with Crippen molar-refractivity contribution in [1.29, 1.82) is 5.41 Å². The first-order valence-electron chi connectivity index (χ1n) is 10.7. The number of halogens is 3. The highest BCUT2D eigenvalue weighted by atomic mass is 19.4. The molecule has 32 heavy (non-hydrogen) atoms. The van der Waals surface area contributed by atoms with Gasteiger partial charge in [0.25, 0.3) is 0 Å². The number of nitrogens with zero attached hydrogens (tertiary/aromatic N) is 3. The average molecular weight is 445 g/mol. The number of hydrogen-bond donors (Lipinski definition) is 1. The number of para-hydroxylation sites is 1. The van der Waals surface area contributed by atoms with Crippen LogP contribution in [0.15, 0.2) is 54.6 Å². The van der Waals surface area contributed by atoms with E-state index < -0.39 is 23.3 Å². The first-order valence-corrected chi connectivity index (χ1v) is 10.7. The van der Waals surface area contributed by atoms with Gasteiger partial charge in [0.15, 0.2) is 0 Å². The van der Waals surface area contributed by atoms with Crippen molar-refractivity contribution >= 4 is 17.4 Å². The lowest BCUT2D eigenvalue weighted by Gasteiger charge is -2.62. The van der Waals surface area contributed by atoms with Crippen molar-refractivity contribution in [3.8, 4) is 0 Å². The summed E-state index contributed by atoms with van der Waals surface area (Å²) in [5.41, 5.74) is 0.0972. The number of alkyl halides is 3. The normalized spacial score (nSPS) is 19.5. The summed E-state index contributed by atoms with van der Waals surface area (Å²) in [6, 6.07) is 14.3. The number of carbonyl (C=O) groups is 1. The third-order valence-electron chi connectivity index (χ3n) is 6.52. The van der Waals surface area contributed by atoms with Gasteiger partial charge in [-0.05, 0) is 50.6 Å². The molecule has 4 rings (SSSR count). The maximum absolute atomic E-state index is 13.3. The molecule has 2 heterocycles. The van der Waals surface area contributed by atoms with Crippen LogP contribution in [-0.4, -0.2) is 52.8 Å². The number of hydrogen-bond acceptors (Lipinski definition) is 3. The molecule has 0 unspecified atom stereocenters. The number of amidine groups is 1. The second kappa shape index (κ2) is 7.83. The number of anilines is 1. The van der Waals surface area contributed by atoms with Crippen LogP contribution in [0.4, 0.5) is 18.9 Å². The van der Waals surface area contributed by atoms with Crippen LogP contribution in [0.2, 0.25) is 0 Å². The lowest BCUT2D eigenvalue weighted by Crippen LogP contribution is -2.81. The molecule has 1 amide bonds. The largest absolute Gasteiger partial charge is 0.416 e. The van der Waals surface area contributed by atoms with Crippen LogP contribution >= 0.6 is 0 Å². The Hall–Kier alpha value is -3.03. The quantitative estimate of drug-likeness (QED) is 0.753. The van der Waals surface area contributed by atoms with E-state index in [9.17, 15) is 18.0 Å². The molecule has 2 aliphatic rings. The summed E-state index contributed by atoms with van der Waals surface area (Å²) in [7, 11) is 0. The predicted octanol–water partition coefficient (Wildman–Crippen LogP) is 4.56. The van der Waals surface area contributed by atoms with Crippen molar-refractivity contribution in [3.63, 3.8) is 0 Å². The molecule has 2 aliphatic heterocycles. The maximum Gasteiger partial charge on any atom is 0.416 e. The number of amides is 1. The van der Waals surface area contributed by atoms with Crippen molar-refractivity contribution in [3.05, 3.63) is 65.7 Å². The SMILES string of the molecule is CC(C)N1CC(=O)N([C@H](C)c2ccc(C(F)(F)F)cc2)C2(CN(c3ccccc3)C2)C1=N. The van der Waals surface area contributed by atoms with E-state index in [-0.39, 0.29) is 18.5 Å². The molecule has 0 aliphatic carbocycles. The molecule has 2 fully saturated rings. The fourth-order valence-electron chi connectivity index (χ4n) is 4.76. The fourth-order valence-corrected chi connectivity index (χ4v) is 4.76. The highest BCUT2D eigenvalue weighted by molar-refractivity contribution is 6.02. The Labute approximate surface area is 185 Å². The molecule has 0 radical (unpaired) electrons. The second-order valence-corrected chi connectivity index (χ2v) is 8.85. The minimum Gasteiger partial charge on any atom is -0.366 e. The van der Waals surface area contributed by atoms with E-state index in [0.717, 1.165) is 17.8 Å². The third kappa shape index (κ3) is 3.61. The summed E-state index contributed by atoms with van der Waals surface area (Å²) in [5.74, 6) is 0.271. The van der Waals surface area contributed by atoms with Gasteiger partial charge in [-0.25, -0.2) is 0 Å². The number of piperazine rings is 1. The van der Waals surface area contributed by atoms with Gasteiger partial charge in [0.2, 0.25) is 5.91 Å². The molecule has 0 aromatic heterocycles. The van der Waals surface area contributed by atoms with E-state index in [1.807, 2.05) is 56.0 Å². The predicted molar refractivity (Wildman–Crippen MR) is 118 cm³/mol. The first-order chi connectivity index (χ1) is 15.0. The zero-order valence-corrected chi connectivity index (χ0v) is 18.4. The average Bonchev–Trinajstić information content (AvgIpc) is 2.72. The molecule has 1 N–H and O–H groups in total. The van der Waals surface area contributed by atoms with E-state index in [1.165, 1.54) is 12.1 Å². The van der Waals surface area contributed by atoms with Gasteiger partial charge in [0.1, 0.15) is 11.4 Å². The van der Waals surface area contributed by atoms with E-state index >= 15 is 0 Å².